The zero-order chi connectivity index (χ0) is 21.3. The normalized spacial score (nSPS) is 16.5. The van der Waals surface area contributed by atoms with E-state index >= 15 is 0 Å². The van der Waals surface area contributed by atoms with Gasteiger partial charge < -0.3 is 10.1 Å². The maximum absolute atomic E-state index is 13.8. The number of nitrogens with zero attached hydrogens (tertiary/aromatic N) is 1. The zero-order valence-electron chi connectivity index (χ0n) is 16.0. The van der Waals surface area contributed by atoms with Gasteiger partial charge >= 0.3 is 5.97 Å². The van der Waals surface area contributed by atoms with Crippen molar-refractivity contribution in [2.75, 3.05) is 12.0 Å². The third kappa shape index (κ3) is 3.88. The van der Waals surface area contributed by atoms with Crippen molar-refractivity contribution in [2.24, 2.45) is 0 Å². The number of hydrogen-bond donors (Lipinski definition) is 1. The van der Waals surface area contributed by atoms with Gasteiger partial charge in [-0.25, -0.2) is 13.6 Å². The third-order valence-electron chi connectivity index (χ3n) is 4.67. The van der Waals surface area contributed by atoms with Gasteiger partial charge in [0.25, 0.3) is 5.78 Å². The highest BCUT2D eigenvalue weighted by atomic mass is 32.1. The molecule has 150 valence electrons. The quantitative estimate of drug-likeness (QED) is 0.466. The van der Waals surface area contributed by atoms with E-state index in [9.17, 15) is 18.4 Å². The number of anilines is 1. The molecule has 2 aromatic rings. The molecule has 1 aliphatic heterocycles. The summed E-state index contributed by atoms with van der Waals surface area (Å²) in [6.07, 6.45) is 0. The van der Waals surface area contributed by atoms with E-state index in [1.165, 1.54) is 6.07 Å². The summed E-state index contributed by atoms with van der Waals surface area (Å²) >= 11 is 5.47. The smallest absolute Gasteiger partial charge is 0.379 e. The summed E-state index contributed by atoms with van der Waals surface area (Å²) in [5, 5.41) is 3.22. The fourth-order valence-corrected chi connectivity index (χ4v) is 3.55. The first kappa shape index (κ1) is 20.6. The summed E-state index contributed by atoms with van der Waals surface area (Å²) in [6.45, 7) is 3.57. The number of Topliss-reactive ketones (excluding diaryl/α,β-unsaturated/α-hetero) is 1. The monoisotopic (exact) mass is 416 g/mol. The number of esters is 1. The van der Waals surface area contributed by atoms with Crippen molar-refractivity contribution < 1.29 is 23.1 Å². The summed E-state index contributed by atoms with van der Waals surface area (Å²) in [6, 6.07) is 9.73. The van der Waals surface area contributed by atoms with Crippen LogP contribution >= 0.6 is 12.2 Å². The number of aryl methyl sites for hydroxylation is 1. The van der Waals surface area contributed by atoms with Crippen LogP contribution in [0.4, 0.5) is 14.5 Å². The van der Waals surface area contributed by atoms with Gasteiger partial charge in [-0.15, -0.1) is 0 Å². The van der Waals surface area contributed by atoms with Gasteiger partial charge in [0.1, 0.15) is 0 Å². The van der Waals surface area contributed by atoms with E-state index in [4.69, 9.17) is 12.2 Å². The highest BCUT2D eigenvalue weighted by Gasteiger charge is 2.37. The lowest BCUT2D eigenvalue weighted by Crippen LogP contribution is -2.48. The standard InChI is InChI=1S/C21H18F2N2O3S/c1-11-4-7-14(8-5-11)25-12(2)17(19(26)20(27)28-3)18(24-21(25)29)13-6-9-15(22)16(23)10-13/h4-10,18H,1-3H3,(H,24,29)/t18-/m0/s1. The first-order valence-electron chi connectivity index (χ1n) is 8.70. The van der Waals surface area contributed by atoms with E-state index in [1.54, 1.807) is 11.8 Å². The van der Waals surface area contributed by atoms with E-state index < -0.39 is 29.4 Å². The molecule has 0 bridgehead atoms. The Bertz CT molecular complexity index is 1030. The van der Waals surface area contributed by atoms with Gasteiger partial charge in [-0.05, 0) is 55.9 Å². The first-order valence-corrected chi connectivity index (χ1v) is 9.11. The summed E-state index contributed by atoms with van der Waals surface area (Å²) in [4.78, 5) is 26.4. The van der Waals surface area contributed by atoms with E-state index in [2.05, 4.69) is 10.1 Å². The number of methoxy groups -OCH3 is 1. The number of thiocarbonyl (C=S) groups is 1. The number of carbonyl (C=O) groups excluding carboxylic acids is 2. The van der Waals surface area contributed by atoms with Crippen molar-refractivity contribution >= 4 is 34.8 Å². The van der Waals surface area contributed by atoms with E-state index in [-0.39, 0.29) is 16.2 Å². The third-order valence-corrected chi connectivity index (χ3v) is 4.97. The average Bonchev–Trinajstić information content (AvgIpc) is 2.70. The molecule has 1 aliphatic rings. The molecule has 0 unspecified atom stereocenters. The number of nitrogens with one attached hydrogen (secondary N) is 1. The van der Waals surface area contributed by atoms with Gasteiger partial charge in [-0.1, -0.05) is 23.8 Å². The molecule has 1 atom stereocenters. The average molecular weight is 416 g/mol. The predicted molar refractivity (Wildman–Crippen MR) is 108 cm³/mol. The largest absolute Gasteiger partial charge is 0.463 e. The summed E-state index contributed by atoms with van der Waals surface area (Å²) in [5.74, 6) is -4.05. The van der Waals surface area contributed by atoms with Crippen LogP contribution in [0.1, 0.15) is 24.1 Å². The Labute approximate surface area is 172 Å². The van der Waals surface area contributed by atoms with Crippen LogP contribution in [-0.2, 0) is 14.3 Å². The molecular weight excluding hydrogens is 398 g/mol. The highest BCUT2D eigenvalue weighted by Crippen LogP contribution is 2.34. The molecule has 1 N–H and O–H groups in total. The number of hydrogen-bond acceptors (Lipinski definition) is 4. The van der Waals surface area contributed by atoms with Gasteiger partial charge in [0.2, 0.25) is 0 Å². The van der Waals surface area contributed by atoms with Gasteiger partial charge in [0, 0.05) is 11.4 Å². The molecule has 8 heteroatoms. The fourth-order valence-electron chi connectivity index (χ4n) is 3.19. The Morgan fingerprint density at radius 1 is 1.07 bits per heavy atom. The summed E-state index contributed by atoms with van der Waals surface area (Å²) < 4.78 is 31.8. The van der Waals surface area contributed by atoms with Crippen molar-refractivity contribution in [1.82, 2.24) is 5.32 Å². The minimum absolute atomic E-state index is 0.0389. The molecule has 3 rings (SSSR count). The number of carbonyl (C=O) groups is 2. The van der Waals surface area contributed by atoms with Gasteiger partial charge in [0.15, 0.2) is 16.7 Å². The number of allylic oxidation sites excluding steroid dienone is 1. The van der Waals surface area contributed by atoms with Crippen LogP contribution in [0.2, 0.25) is 0 Å². The Hall–Kier alpha value is -3.13. The van der Waals surface area contributed by atoms with Crippen molar-refractivity contribution in [3.63, 3.8) is 0 Å². The Morgan fingerprint density at radius 3 is 2.31 bits per heavy atom. The summed E-state index contributed by atoms with van der Waals surface area (Å²) in [7, 11) is 1.10. The molecule has 2 aromatic carbocycles. The van der Waals surface area contributed by atoms with Crippen molar-refractivity contribution in [2.45, 2.75) is 19.9 Å². The van der Waals surface area contributed by atoms with Crippen LogP contribution in [0.15, 0.2) is 53.7 Å². The number of ketones is 1. The van der Waals surface area contributed by atoms with Crippen molar-refractivity contribution in [3.8, 4) is 0 Å². The van der Waals surface area contributed by atoms with Crippen LogP contribution < -0.4 is 10.2 Å². The fraction of sp³-hybridized carbons (Fsp3) is 0.190. The molecule has 0 radical (unpaired) electrons. The molecule has 1 heterocycles. The SMILES string of the molecule is COC(=O)C(=O)C1=C(C)N(c2ccc(C)cc2)C(=S)N[C@H]1c1ccc(F)c(F)c1. The second-order valence-electron chi connectivity index (χ2n) is 6.55. The molecule has 0 amide bonds. The summed E-state index contributed by atoms with van der Waals surface area (Å²) in [5.41, 5.74) is 2.41. The van der Waals surface area contributed by atoms with E-state index in [1.807, 2.05) is 31.2 Å². The van der Waals surface area contributed by atoms with Crippen LogP contribution in [-0.4, -0.2) is 24.0 Å². The topological polar surface area (TPSA) is 58.6 Å². The van der Waals surface area contributed by atoms with E-state index in [0.29, 0.717) is 11.4 Å². The molecule has 29 heavy (non-hydrogen) atoms. The van der Waals surface area contributed by atoms with Crippen LogP contribution in [0.5, 0.6) is 0 Å². The van der Waals surface area contributed by atoms with Crippen molar-refractivity contribution in [3.05, 3.63) is 76.5 Å². The predicted octanol–water partition coefficient (Wildman–Crippen LogP) is 3.73. The van der Waals surface area contributed by atoms with E-state index in [0.717, 1.165) is 24.8 Å². The Kier molecular flexibility index (Phi) is 5.74. The first-order chi connectivity index (χ1) is 13.7. The lowest BCUT2D eigenvalue weighted by Gasteiger charge is -2.37. The van der Waals surface area contributed by atoms with Gasteiger partial charge in [-0.3, -0.25) is 9.69 Å². The second-order valence-corrected chi connectivity index (χ2v) is 6.93. The van der Waals surface area contributed by atoms with Crippen molar-refractivity contribution in [1.29, 1.82) is 0 Å². The molecule has 0 spiro atoms. The molecule has 0 fully saturated rings. The molecule has 0 aromatic heterocycles. The molecule has 0 saturated carbocycles. The zero-order valence-corrected chi connectivity index (χ0v) is 16.8. The molecule has 5 nitrogen and oxygen atoms in total. The molecular formula is C21H18F2N2O3S. The Balaban J connectivity index is 2.18. The maximum Gasteiger partial charge on any atom is 0.379 e. The molecule has 0 saturated heterocycles. The number of rotatable bonds is 4. The Morgan fingerprint density at radius 2 is 1.72 bits per heavy atom. The van der Waals surface area contributed by atoms with Crippen LogP contribution in [0.25, 0.3) is 0 Å². The number of ether oxygens (including phenoxy) is 1. The number of benzene rings is 2. The highest BCUT2D eigenvalue weighted by molar-refractivity contribution is 7.80. The minimum atomic E-state index is -1.07. The van der Waals surface area contributed by atoms with Crippen LogP contribution in [0, 0.1) is 18.6 Å². The molecule has 0 aliphatic carbocycles. The minimum Gasteiger partial charge on any atom is -0.463 e. The number of halogens is 2. The lowest BCUT2D eigenvalue weighted by atomic mass is 9.91. The van der Waals surface area contributed by atoms with Gasteiger partial charge in [0.05, 0.1) is 18.7 Å². The second kappa shape index (κ2) is 8.08. The maximum atomic E-state index is 13.8. The van der Waals surface area contributed by atoms with Gasteiger partial charge in [-0.2, -0.15) is 0 Å². The lowest BCUT2D eigenvalue weighted by molar-refractivity contribution is -0.150. The van der Waals surface area contributed by atoms with Crippen LogP contribution in [0.3, 0.4) is 0 Å².